The third kappa shape index (κ3) is 2.41. The van der Waals surface area contributed by atoms with Crippen LogP contribution in [0.25, 0.3) is 10.9 Å². The van der Waals surface area contributed by atoms with Crippen LogP contribution < -0.4 is 0 Å². The molecule has 0 atom stereocenters. The maximum absolute atomic E-state index is 12.7. The molecule has 1 heterocycles. The van der Waals surface area contributed by atoms with Gasteiger partial charge in [0.05, 0.1) is 15.4 Å². The molecule has 0 saturated carbocycles. The number of pyridine rings is 1. The molecule has 0 aliphatic rings. The SMILES string of the molecule is Cc1ccc(S(=O)(=O)c2cnc3ccccc3c2Cl)cc1. The van der Waals surface area contributed by atoms with Crippen LogP contribution in [-0.4, -0.2) is 13.4 Å². The normalized spacial score (nSPS) is 11.7. The molecule has 3 aromatic rings. The molecule has 0 N–H and O–H groups in total. The van der Waals surface area contributed by atoms with Crippen molar-refractivity contribution in [1.29, 1.82) is 0 Å². The number of benzene rings is 2. The molecule has 21 heavy (non-hydrogen) atoms. The van der Waals surface area contributed by atoms with Crippen molar-refractivity contribution in [2.45, 2.75) is 16.7 Å². The van der Waals surface area contributed by atoms with Gasteiger partial charge in [-0.3, -0.25) is 4.98 Å². The number of hydrogen-bond acceptors (Lipinski definition) is 3. The summed E-state index contributed by atoms with van der Waals surface area (Å²) in [5.41, 5.74) is 1.67. The monoisotopic (exact) mass is 317 g/mol. The molecule has 0 spiro atoms. The third-order valence-electron chi connectivity index (χ3n) is 3.30. The van der Waals surface area contributed by atoms with Crippen LogP contribution in [-0.2, 0) is 9.84 Å². The summed E-state index contributed by atoms with van der Waals surface area (Å²) in [6.07, 6.45) is 1.32. The zero-order valence-corrected chi connectivity index (χ0v) is 12.8. The lowest BCUT2D eigenvalue weighted by atomic mass is 10.2. The Morgan fingerprint density at radius 2 is 1.67 bits per heavy atom. The molecule has 2 aromatic carbocycles. The molecule has 3 rings (SSSR count). The van der Waals surface area contributed by atoms with Gasteiger partial charge in [0.2, 0.25) is 9.84 Å². The average molecular weight is 318 g/mol. The van der Waals surface area contributed by atoms with Crippen molar-refractivity contribution in [2.24, 2.45) is 0 Å². The van der Waals surface area contributed by atoms with Crippen LogP contribution >= 0.6 is 11.6 Å². The smallest absolute Gasteiger partial charge is 0.209 e. The van der Waals surface area contributed by atoms with E-state index in [2.05, 4.69) is 4.98 Å². The standard InChI is InChI=1S/C16H12ClNO2S/c1-11-6-8-12(9-7-11)21(19,20)15-10-18-14-5-3-2-4-13(14)16(15)17/h2-10H,1H3. The summed E-state index contributed by atoms with van der Waals surface area (Å²) < 4.78 is 25.4. The number of aromatic nitrogens is 1. The number of hydrogen-bond donors (Lipinski definition) is 0. The highest BCUT2D eigenvalue weighted by Gasteiger charge is 2.22. The van der Waals surface area contributed by atoms with Crippen molar-refractivity contribution in [2.75, 3.05) is 0 Å². The fourth-order valence-electron chi connectivity index (χ4n) is 2.12. The molecule has 5 heteroatoms. The van der Waals surface area contributed by atoms with E-state index in [0.29, 0.717) is 10.9 Å². The van der Waals surface area contributed by atoms with Gasteiger partial charge in [-0.15, -0.1) is 0 Å². The number of aryl methyl sites for hydroxylation is 1. The zero-order chi connectivity index (χ0) is 15.0. The second kappa shape index (κ2) is 5.13. The van der Waals surface area contributed by atoms with Gasteiger partial charge in [0.1, 0.15) is 4.90 Å². The average Bonchev–Trinajstić information content (AvgIpc) is 2.48. The molecule has 0 aliphatic carbocycles. The summed E-state index contributed by atoms with van der Waals surface area (Å²) in [6, 6.07) is 13.9. The first kappa shape index (κ1) is 14.0. The van der Waals surface area contributed by atoms with E-state index in [4.69, 9.17) is 11.6 Å². The minimum atomic E-state index is -3.67. The molecule has 0 saturated heterocycles. The van der Waals surface area contributed by atoms with Gasteiger partial charge < -0.3 is 0 Å². The molecule has 0 amide bonds. The first-order valence-electron chi connectivity index (χ1n) is 6.35. The second-order valence-electron chi connectivity index (χ2n) is 4.77. The zero-order valence-electron chi connectivity index (χ0n) is 11.2. The Balaban J connectivity index is 2.24. The van der Waals surface area contributed by atoms with Gasteiger partial charge in [0.15, 0.2) is 0 Å². The van der Waals surface area contributed by atoms with Gasteiger partial charge in [0, 0.05) is 11.6 Å². The van der Waals surface area contributed by atoms with E-state index in [9.17, 15) is 8.42 Å². The maximum atomic E-state index is 12.7. The Labute approximate surface area is 128 Å². The predicted octanol–water partition coefficient (Wildman–Crippen LogP) is 4.03. The summed E-state index contributed by atoms with van der Waals surface area (Å²) >= 11 is 6.29. The Bertz CT molecular complexity index is 919. The van der Waals surface area contributed by atoms with E-state index >= 15 is 0 Å². The van der Waals surface area contributed by atoms with Crippen molar-refractivity contribution in [3.63, 3.8) is 0 Å². The lowest BCUT2D eigenvalue weighted by Crippen LogP contribution is -2.04. The summed E-state index contributed by atoms with van der Waals surface area (Å²) in [5.74, 6) is 0. The fourth-order valence-corrected chi connectivity index (χ4v) is 3.92. The van der Waals surface area contributed by atoms with Gasteiger partial charge in [-0.1, -0.05) is 47.5 Å². The van der Waals surface area contributed by atoms with Crippen molar-refractivity contribution >= 4 is 32.3 Å². The van der Waals surface area contributed by atoms with Crippen LogP contribution in [0.15, 0.2) is 64.5 Å². The van der Waals surface area contributed by atoms with Crippen LogP contribution in [0.1, 0.15) is 5.56 Å². The molecule has 1 aromatic heterocycles. The van der Waals surface area contributed by atoms with E-state index in [1.54, 1.807) is 42.5 Å². The first-order chi connectivity index (χ1) is 10.00. The van der Waals surface area contributed by atoms with E-state index in [1.165, 1.54) is 6.20 Å². The van der Waals surface area contributed by atoms with E-state index in [-0.39, 0.29) is 14.8 Å². The molecular formula is C16H12ClNO2S. The molecule has 3 nitrogen and oxygen atoms in total. The highest BCUT2D eigenvalue weighted by Crippen LogP contribution is 2.32. The van der Waals surface area contributed by atoms with Crippen molar-refractivity contribution < 1.29 is 8.42 Å². The van der Waals surface area contributed by atoms with Crippen molar-refractivity contribution in [3.8, 4) is 0 Å². The number of halogens is 1. The minimum Gasteiger partial charge on any atom is -0.255 e. The van der Waals surface area contributed by atoms with Crippen LogP contribution in [0.4, 0.5) is 0 Å². The van der Waals surface area contributed by atoms with E-state index in [0.717, 1.165) is 5.56 Å². The summed E-state index contributed by atoms with van der Waals surface area (Å²) in [4.78, 5) is 4.44. The molecule has 0 unspecified atom stereocenters. The number of sulfone groups is 1. The molecule has 0 aliphatic heterocycles. The number of para-hydroxylation sites is 1. The van der Waals surface area contributed by atoms with Crippen LogP contribution in [0.3, 0.4) is 0 Å². The van der Waals surface area contributed by atoms with Gasteiger partial charge in [-0.25, -0.2) is 8.42 Å². The highest BCUT2D eigenvalue weighted by atomic mass is 35.5. The first-order valence-corrected chi connectivity index (χ1v) is 8.21. The Kier molecular flexibility index (Phi) is 3.43. The Morgan fingerprint density at radius 3 is 2.38 bits per heavy atom. The molecule has 106 valence electrons. The molecular weight excluding hydrogens is 306 g/mol. The van der Waals surface area contributed by atoms with Crippen LogP contribution in [0, 0.1) is 6.92 Å². The minimum absolute atomic E-state index is 0.0340. The van der Waals surface area contributed by atoms with Crippen molar-refractivity contribution in [3.05, 3.63) is 65.3 Å². The highest BCUT2D eigenvalue weighted by molar-refractivity contribution is 7.91. The second-order valence-corrected chi connectivity index (χ2v) is 7.07. The van der Waals surface area contributed by atoms with Crippen LogP contribution in [0.2, 0.25) is 5.02 Å². The largest absolute Gasteiger partial charge is 0.255 e. The molecule has 0 bridgehead atoms. The number of rotatable bonds is 2. The molecule has 0 fully saturated rings. The lowest BCUT2D eigenvalue weighted by molar-refractivity contribution is 0.596. The Hall–Kier alpha value is -1.91. The van der Waals surface area contributed by atoms with Gasteiger partial charge >= 0.3 is 0 Å². The quantitative estimate of drug-likeness (QED) is 0.717. The molecule has 0 radical (unpaired) electrons. The Morgan fingerprint density at radius 1 is 1.00 bits per heavy atom. The van der Waals surface area contributed by atoms with E-state index in [1.807, 2.05) is 13.0 Å². The van der Waals surface area contributed by atoms with Gasteiger partial charge in [0.25, 0.3) is 0 Å². The predicted molar refractivity (Wildman–Crippen MR) is 83.4 cm³/mol. The van der Waals surface area contributed by atoms with Gasteiger partial charge in [-0.2, -0.15) is 0 Å². The van der Waals surface area contributed by atoms with Gasteiger partial charge in [-0.05, 0) is 25.1 Å². The number of nitrogens with zero attached hydrogens (tertiary/aromatic N) is 1. The third-order valence-corrected chi connectivity index (χ3v) is 5.60. The van der Waals surface area contributed by atoms with Crippen molar-refractivity contribution in [1.82, 2.24) is 4.98 Å². The number of fused-ring (bicyclic) bond motifs is 1. The maximum Gasteiger partial charge on any atom is 0.209 e. The summed E-state index contributed by atoms with van der Waals surface area (Å²) in [6.45, 7) is 1.90. The van der Waals surface area contributed by atoms with Crippen LogP contribution in [0.5, 0.6) is 0 Å². The van der Waals surface area contributed by atoms with E-state index < -0.39 is 9.84 Å². The lowest BCUT2D eigenvalue weighted by Gasteiger charge is -2.08. The summed E-state index contributed by atoms with van der Waals surface area (Å²) in [7, 11) is -3.67. The topological polar surface area (TPSA) is 47.0 Å². The fraction of sp³-hybridized carbons (Fsp3) is 0.0625. The summed E-state index contributed by atoms with van der Waals surface area (Å²) in [5, 5.41) is 0.841.